The first-order valence-corrected chi connectivity index (χ1v) is 8.13. The summed E-state index contributed by atoms with van der Waals surface area (Å²) in [7, 11) is 0. The van der Waals surface area contributed by atoms with Crippen molar-refractivity contribution in [2.24, 2.45) is 0 Å². The molecule has 1 aliphatic heterocycles. The topological polar surface area (TPSA) is 68.2 Å². The van der Waals surface area contributed by atoms with Gasteiger partial charge in [-0.1, -0.05) is 12.1 Å². The lowest BCUT2D eigenvalue weighted by molar-refractivity contribution is -0.132. The van der Waals surface area contributed by atoms with Gasteiger partial charge in [0, 0.05) is 18.9 Å². The van der Waals surface area contributed by atoms with E-state index in [2.05, 4.69) is 20.5 Å². The first-order chi connectivity index (χ1) is 12.1. The summed E-state index contributed by atoms with van der Waals surface area (Å²) in [6.07, 6.45) is 4.72. The fourth-order valence-electron chi connectivity index (χ4n) is 3.10. The van der Waals surface area contributed by atoms with E-state index in [9.17, 15) is 13.6 Å². The quantitative estimate of drug-likeness (QED) is 0.835. The van der Waals surface area contributed by atoms with Gasteiger partial charge in [0.05, 0.1) is 0 Å². The molecule has 0 aliphatic carbocycles. The zero-order valence-electron chi connectivity index (χ0n) is 13.6. The summed E-state index contributed by atoms with van der Waals surface area (Å²) in [5.41, 5.74) is -0.0395. The summed E-state index contributed by atoms with van der Waals surface area (Å²) in [6.45, 7) is -1.19. The van der Waals surface area contributed by atoms with Crippen molar-refractivity contribution in [1.82, 2.24) is 20.4 Å². The average Bonchev–Trinajstić information content (AvgIpc) is 3.15. The Kier molecular flexibility index (Phi) is 5.28. The van der Waals surface area contributed by atoms with Gasteiger partial charge in [0.1, 0.15) is 11.3 Å². The van der Waals surface area contributed by atoms with Crippen LogP contribution >= 0.6 is 0 Å². The van der Waals surface area contributed by atoms with Gasteiger partial charge in [0.15, 0.2) is 0 Å². The van der Waals surface area contributed by atoms with Crippen molar-refractivity contribution in [3.63, 3.8) is 0 Å². The first-order valence-electron chi connectivity index (χ1n) is 8.13. The van der Waals surface area contributed by atoms with Crippen molar-refractivity contribution < 1.29 is 18.3 Å². The molecule has 1 aromatic carbocycles. The largest absolute Gasteiger partial charge is 0.435 e. The molecule has 0 unspecified atom stereocenters. The third-order valence-corrected chi connectivity index (χ3v) is 4.37. The number of ether oxygens (including phenoxy) is 1. The van der Waals surface area contributed by atoms with Crippen molar-refractivity contribution >= 4 is 5.91 Å². The lowest BCUT2D eigenvalue weighted by atomic mass is 9.87. The smallest absolute Gasteiger partial charge is 0.387 e. The number of benzene rings is 1. The lowest BCUT2D eigenvalue weighted by Crippen LogP contribution is -2.54. The Balaban J connectivity index is 1.70. The minimum atomic E-state index is -2.87. The first kappa shape index (κ1) is 17.3. The van der Waals surface area contributed by atoms with Crippen LogP contribution in [-0.4, -0.2) is 35.4 Å². The molecule has 0 saturated carbocycles. The predicted molar refractivity (Wildman–Crippen MR) is 87.2 cm³/mol. The normalized spacial score (nSPS) is 16.6. The molecule has 1 saturated heterocycles. The van der Waals surface area contributed by atoms with Gasteiger partial charge in [-0.15, -0.1) is 0 Å². The second-order valence-corrected chi connectivity index (χ2v) is 5.94. The highest BCUT2D eigenvalue weighted by Crippen LogP contribution is 2.27. The number of carbonyl (C=O) groups excluding carboxylic acids is 1. The molecule has 1 aromatic heterocycles. The summed E-state index contributed by atoms with van der Waals surface area (Å²) < 4.78 is 30.7. The Labute approximate surface area is 144 Å². The Hall–Kier alpha value is -2.48. The standard InChI is InChI=1S/C17H20F2N4O2/c18-16(19)25-14-4-1-3-13(11-14)12-21-15(24)17(5-8-20-9-6-17)23-10-2-7-22-23/h1-4,7,10-11,16,20H,5-6,8-9,12H2,(H,21,24). The number of carbonyl (C=O) groups is 1. The van der Waals surface area contributed by atoms with Gasteiger partial charge in [0.25, 0.3) is 0 Å². The van der Waals surface area contributed by atoms with Gasteiger partial charge in [-0.3, -0.25) is 9.48 Å². The van der Waals surface area contributed by atoms with Gasteiger partial charge < -0.3 is 15.4 Å². The van der Waals surface area contributed by atoms with Crippen molar-refractivity contribution in [2.75, 3.05) is 13.1 Å². The van der Waals surface area contributed by atoms with Gasteiger partial charge in [-0.25, -0.2) is 0 Å². The van der Waals surface area contributed by atoms with Crippen LogP contribution in [0.4, 0.5) is 8.78 Å². The maximum Gasteiger partial charge on any atom is 0.387 e. The van der Waals surface area contributed by atoms with Crippen LogP contribution in [0.2, 0.25) is 0 Å². The molecule has 25 heavy (non-hydrogen) atoms. The van der Waals surface area contributed by atoms with Crippen LogP contribution in [0.1, 0.15) is 18.4 Å². The molecule has 1 amide bonds. The third-order valence-electron chi connectivity index (χ3n) is 4.37. The highest BCUT2D eigenvalue weighted by atomic mass is 19.3. The molecular formula is C17H20F2N4O2. The number of nitrogens with zero attached hydrogens (tertiary/aromatic N) is 2. The molecule has 6 nitrogen and oxygen atoms in total. The Morgan fingerprint density at radius 2 is 2.16 bits per heavy atom. The Morgan fingerprint density at radius 3 is 2.84 bits per heavy atom. The van der Waals surface area contributed by atoms with Crippen LogP contribution in [0.15, 0.2) is 42.7 Å². The minimum Gasteiger partial charge on any atom is -0.435 e. The molecule has 0 radical (unpaired) electrons. The second-order valence-electron chi connectivity index (χ2n) is 5.94. The van der Waals surface area contributed by atoms with E-state index in [1.807, 2.05) is 0 Å². The van der Waals surface area contributed by atoms with Crippen LogP contribution < -0.4 is 15.4 Å². The zero-order valence-corrected chi connectivity index (χ0v) is 13.6. The van der Waals surface area contributed by atoms with Crippen molar-refractivity contribution in [3.8, 4) is 5.75 Å². The van der Waals surface area contributed by atoms with E-state index in [0.29, 0.717) is 18.4 Å². The maximum absolute atomic E-state index is 12.9. The van der Waals surface area contributed by atoms with Crippen LogP contribution in [0.25, 0.3) is 0 Å². The van der Waals surface area contributed by atoms with Crippen LogP contribution in [0.5, 0.6) is 5.75 Å². The molecule has 2 aromatic rings. The number of hydrogen-bond acceptors (Lipinski definition) is 4. The fourth-order valence-corrected chi connectivity index (χ4v) is 3.10. The van der Waals surface area contributed by atoms with E-state index in [4.69, 9.17) is 0 Å². The predicted octanol–water partition coefficient (Wildman–Crippen LogP) is 1.88. The molecule has 2 N–H and O–H groups in total. The van der Waals surface area contributed by atoms with Crippen molar-refractivity contribution in [1.29, 1.82) is 0 Å². The number of halogens is 2. The van der Waals surface area contributed by atoms with Crippen molar-refractivity contribution in [2.45, 2.75) is 31.5 Å². The number of alkyl halides is 2. The monoisotopic (exact) mass is 350 g/mol. The zero-order chi connectivity index (χ0) is 17.7. The van der Waals surface area contributed by atoms with Gasteiger partial charge in [-0.05, 0) is 49.7 Å². The number of hydrogen-bond donors (Lipinski definition) is 2. The lowest BCUT2D eigenvalue weighted by Gasteiger charge is -2.36. The third kappa shape index (κ3) is 3.96. The Morgan fingerprint density at radius 1 is 1.36 bits per heavy atom. The van der Waals surface area contributed by atoms with E-state index in [1.165, 1.54) is 12.1 Å². The van der Waals surface area contributed by atoms with E-state index >= 15 is 0 Å². The van der Waals surface area contributed by atoms with Crippen LogP contribution in [0, 0.1) is 0 Å². The number of amides is 1. The maximum atomic E-state index is 12.9. The van der Waals surface area contributed by atoms with E-state index in [0.717, 1.165) is 13.1 Å². The number of piperidine rings is 1. The number of rotatable bonds is 6. The molecular weight excluding hydrogens is 330 g/mol. The van der Waals surface area contributed by atoms with E-state index in [-0.39, 0.29) is 18.2 Å². The second kappa shape index (κ2) is 7.60. The molecule has 0 bridgehead atoms. The summed E-state index contributed by atoms with van der Waals surface area (Å²) in [4.78, 5) is 12.9. The number of aromatic nitrogens is 2. The average molecular weight is 350 g/mol. The highest BCUT2D eigenvalue weighted by molar-refractivity contribution is 5.84. The fraction of sp³-hybridized carbons (Fsp3) is 0.412. The molecule has 1 aliphatic rings. The molecule has 8 heteroatoms. The van der Waals surface area contributed by atoms with Crippen LogP contribution in [0.3, 0.4) is 0 Å². The summed E-state index contributed by atoms with van der Waals surface area (Å²) in [5, 5.41) is 10.4. The molecule has 134 valence electrons. The van der Waals surface area contributed by atoms with Crippen molar-refractivity contribution in [3.05, 3.63) is 48.3 Å². The van der Waals surface area contributed by atoms with E-state index in [1.54, 1.807) is 35.3 Å². The molecule has 0 spiro atoms. The summed E-state index contributed by atoms with van der Waals surface area (Å²) in [6, 6.07) is 8.11. The Bertz CT molecular complexity index is 700. The SMILES string of the molecule is O=C(NCc1cccc(OC(F)F)c1)C1(n2cccn2)CCNCC1. The summed E-state index contributed by atoms with van der Waals surface area (Å²) in [5.74, 6) is -0.0525. The molecule has 3 rings (SSSR count). The minimum absolute atomic E-state index is 0.0744. The molecule has 2 heterocycles. The highest BCUT2D eigenvalue weighted by Gasteiger charge is 2.41. The van der Waals surface area contributed by atoms with Gasteiger partial charge in [0.2, 0.25) is 5.91 Å². The van der Waals surface area contributed by atoms with Crippen LogP contribution in [-0.2, 0) is 16.9 Å². The molecule has 0 atom stereocenters. The number of nitrogens with one attached hydrogen (secondary N) is 2. The van der Waals surface area contributed by atoms with Gasteiger partial charge in [-0.2, -0.15) is 13.9 Å². The van der Waals surface area contributed by atoms with Gasteiger partial charge >= 0.3 is 6.61 Å². The molecule has 1 fully saturated rings. The van der Waals surface area contributed by atoms with E-state index < -0.39 is 12.2 Å². The summed E-state index contributed by atoms with van der Waals surface area (Å²) >= 11 is 0.